The molecule has 0 amide bonds. The van der Waals surface area contributed by atoms with Crippen molar-refractivity contribution in [3.63, 3.8) is 0 Å². The average molecular weight is 252 g/mol. The van der Waals surface area contributed by atoms with E-state index >= 15 is 0 Å². The van der Waals surface area contributed by atoms with E-state index in [1.54, 1.807) is 0 Å². The normalized spacial score (nSPS) is 8.88. The molecule has 2 rings (SSSR count). The lowest BCUT2D eigenvalue weighted by Crippen LogP contribution is -1.73. The Hall–Kier alpha value is -1.41. The Bertz CT molecular complexity index is 387. The average Bonchev–Trinajstić information content (AvgIpc) is 2.31. The van der Waals surface area contributed by atoms with E-state index in [-0.39, 0.29) is 7.43 Å². The molecule has 3 nitrogen and oxygen atoms in total. The fourth-order valence-electron chi connectivity index (χ4n) is 1.26. The standard InChI is InChI=1S/C12H10.CH4.H3O3P/c1-3-7-11(8-4-1)12-9-5-2-6-10-12;;1-4(2)3/h1-10H;1H4;4H,(H2,1,2,3). The molecule has 0 spiro atoms. The highest BCUT2D eigenvalue weighted by Gasteiger charge is 1.91. The Labute approximate surface area is 102 Å². The van der Waals surface area contributed by atoms with Gasteiger partial charge in [-0.1, -0.05) is 68.1 Å². The zero-order valence-electron chi connectivity index (χ0n) is 8.58. The Kier molecular flexibility index (Phi) is 7.99. The van der Waals surface area contributed by atoms with E-state index in [0.29, 0.717) is 0 Å². The van der Waals surface area contributed by atoms with Crippen molar-refractivity contribution in [3.8, 4) is 11.1 Å². The first-order chi connectivity index (χ1) is 7.70. The maximum absolute atomic E-state index is 8.74. The highest BCUT2D eigenvalue weighted by molar-refractivity contribution is 7.30. The first-order valence-corrected chi connectivity index (χ1v) is 6.03. The second-order valence-corrected chi connectivity index (χ2v) is 3.58. The molecule has 0 unspecified atom stereocenters. The second kappa shape index (κ2) is 8.71. The minimum Gasteiger partial charge on any atom is -0.326 e. The van der Waals surface area contributed by atoms with Gasteiger partial charge in [0.25, 0.3) is 0 Å². The molecule has 2 aromatic carbocycles. The molecule has 92 valence electrons. The van der Waals surface area contributed by atoms with Crippen molar-refractivity contribution in [1.82, 2.24) is 0 Å². The van der Waals surface area contributed by atoms with Crippen molar-refractivity contribution in [2.24, 2.45) is 0 Å². The zero-order chi connectivity index (χ0) is 11.8. The van der Waals surface area contributed by atoms with E-state index < -0.39 is 8.25 Å². The van der Waals surface area contributed by atoms with Gasteiger partial charge in [-0.2, -0.15) is 0 Å². The van der Waals surface area contributed by atoms with E-state index in [1.807, 2.05) is 12.1 Å². The van der Waals surface area contributed by atoms with E-state index in [4.69, 9.17) is 14.4 Å². The summed E-state index contributed by atoms with van der Waals surface area (Å²) in [5.41, 5.74) is 2.55. The van der Waals surface area contributed by atoms with Crippen molar-refractivity contribution in [2.75, 3.05) is 0 Å². The largest absolute Gasteiger partial charge is 0.326 e. The molecule has 17 heavy (non-hydrogen) atoms. The summed E-state index contributed by atoms with van der Waals surface area (Å²) in [6.07, 6.45) is 0. The lowest BCUT2D eigenvalue weighted by atomic mass is 10.1. The van der Waals surface area contributed by atoms with Crippen LogP contribution in [-0.2, 0) is 4.57 Å². The Balaban J connectivity index is 0.000000453. The summed E-state index contributed by atoms with van der Waals surface area (Å²) in [7, 11) is -3.13. The number of hydrogen-bond donors (Lipinski definition) is 2. The predicted molar refractivity (Wildman–Crippen MR) is 72.0 cm³/mol. The Morgan fingerprint density at radius 2 is 0.941 bits per heavy atom. The van der Waals surface area contributed by atoms with Crippen molar-refractivity contribution in [2.45, 2.75) is 7.43 Å². The Morgan fingerprint density at radius 1 is 0.706 bits per heavy atom. The molecule has 2 N–H and O–H groups in total. The third-order valence-corrected chi connectivity index (χ3v) is 1.88. The molecule has 0 fully saturated rings. The van der Waals surface area contributed by atoms with Gasteiger partial charge in [0.1, 0.15) is 0 Å². The van der Waals surface area contributed by atoms with Gasteiger partial charge in [-0.05, 0) is 11.1 Å². The summed E-state index contributed by atoms with van der Waals surface area (Å²) < 4.78 is 8.74. The minimum absolute atomic E-state index is 0. The molecular formula is C13H17O3P. The summed E-state index contributed by atoms with van der Waals surface area (Å²) in [4.78, 5) is 14.3. The van der Waals surface area contributed by atoms with Crippen LogP contribution in [0.3, 0.4) is 0 Å². The quantitative estimate of drug-likeness (QED) is 0.765. The third kappa shape index (κ3) is 6.69. The van der Waals surface area contributed by atoms with Crippen LogP contribution in [0.2, 0.25) is 0 Å². The molecule has 0 aliphatic heterocycles. The van der Waals surface area contributed by atoms with Gasteiger partial charge in [0.05, 0.1) is 0 Å². The van der Waals surface area contributed by atoms with E-state index in [2.05, 4.69) is 48.5 Å². The van der Waals surface area contributed by atoms with E-state index in [0.717, 1.165) is 0 Å². The topological polar surface area (TPSA) is 57.5 Å². The van der Waals surface area contributed by atoms with Gasteiger partial charge in [-0.3, -0.25) is 4.57 Å². The molecule has 0 atom stereocenters. The summed E-state index contributed by atoms with van der Waals surface area (Å²) in [6, 6.07) is 20.8. The molecule has 0 saturated heterocycles. The van der Waals surface area contributed by atoms with Crippen molar-refractivity contribution < 1.29 is 14.4 Å². The molecule has 0 radical (unpaired) electrons. The summed E-state index contributed by atoms with van der Waals surface area (Å²) >= 11 is 0. The van der Waals surface area contributed by atoms with Crippen LogP contribution in [0.4, 0.5) is 0 Å². The number of hydrogen-bond acceptors (Lipinski definition) is 1. The van der Waals surface area contributed by atoms with Gasteiger partial charge in [0.15, 0.2) is 0 Å². The lowest BCUT2D eigenvalue weighted by molar-refractivity contribution is 0.405. The molecular weight excluding hydrogens is 235 g/mol. The van der Waals surface area contributed by atoms with Crippen LogP contribution in [0.25, 0.3) is 11.1 Å². The zero-order valence-corrected chi connectivity index (χ0v) is 9.58. The van der Waals surface area contributed by atoms with Gasteiger partial charge in [-0.15, -0.1) is 0 Å². The van der Waals surface area contributed by atoms with E-state index in [1.165, 1.54) is 11.1 Å². The van der Waals surface area contributed by atoms with Crippen LogP contribution < -0.4 is 0 Å². The minimum atomic E-state index is -3.13. The van der Waals surface area contributed by atoms with Crippen LogP contribution in [0.15, 0.2) is 60.7 Å². The molecule has 0 aromatic heterocycles. The van der Waals surface area contributed by atoms with Crippen LogP contribution >= 0.6 is 8.25 Å². The van der Waals surface area contributed by atoms with Gasteiger partial charge in [0, 0.05) is 0 Å². The van der Waals surface area contributed by atoms with Crippen LogP contribution in [0, 0.1) is 0 Å². The molecule has 0 heterocycles. The maximum Gasteiger partial charge on any atom is 0.314 e. The molecule has 0 bridgehead atoms. The maximum atomic E-state index is 8.74. The third-order valence-electron chi connectivity index (χ3n) is 1.88. The van der Waals surface area contributed by atoms with Gasteiger partial charge in [0.2, 0.25) is 0 Å². The molecule has 0 saturated carbocycles. The van der Waals surface area contributed by atoms with Crippen molar-refractivity contribution >= 4 is 8.25 Å². The molecule has 0 aliphatic carbocycles. The Morgan fingerprint density at radius 3 is 1.18 bits per heavy atom. The summed E-state index contributed by atoms with van der Waals surface area (Å²) in [5.74, 6) is 0. The highest BCUT2D eigenvalue weighted by Crippen LogP contribution is 2.17. The van der Waals surface area contributed by atoms with Crippen LogP contribution in [-0.4, -0.2) is 9.79 Å². The highest BCUT2D eigenvalue weighted by atomic mass is 31.1. The van der Waals surface area contributed by atoms with Gasteiger partial charge in [-0.25, -0.2) is 0 Å². The fraction of sp³-hybridized carbons (Fsp3) is 0.0769. The first-order valence-electron chi connectivity index (χ1n) is 4.72. The number of rotatable bonds is 1. The molecule has 2 aromatic rings. The monoisotopic (exact) mass is 252 g/mol. The fourth-order valence-corrected chi connectivity index (χ4v) is 1.26. The van der Waals surface area contributed by atoms with E-state index in [9.17, 15) is 0 Å². The summed E-state index contributed by atoms with van der Waals surface area (Å²) in [6.45, 7) is 0. The molecule has 0 aliphatic rings. The second-order valence-electron chi connectivity index (χ2n) is 3.01. The first kappa shape index (κ1) is 15.6. The SMILES string of the molecule is C.O=[PH](O)O.c1ccc(-c2ccccc2)cc1. The van der Waals surface area contributed by atoms with Crippen LogP contribution in [0.1, 0.15) is 7.43 Å². The van der Waals surface area contributed by atoms with Crippen LogP contribution in [0.5, 0.6) is 0 Å². The predicted octanol–water partition coefficient (Wildman–Crippen LogP) is 3.35. The molecule has 4 heteroatoms. The van der Waals surface area contributed by atoms with Crippen molar-refractivity contribution in [3.05, 3.63) is 60.7 Å². The smallest absolute Gasteiger partial charge is 0.314 e. The van der Waals surface area contributed by atoms with Gasteiger partial charge < -0.3 is 9.79 Å². The lowest BCUT2D eigenvalue weighted by Gasteiger charge is -1.98. The van der Waals surface area contributed by atoms with Gasteiger partial charge >= 0.3 is 8.25 Å². The number of benzene rings is 2. The summed E-state index contributed by atoms with van der Waals surface area (Å²) in [5, 5.41) is 0. The van der Waals surface area contributed by atoms with Crippen molar-refractivity contribution in [1.29, 1.82) is 0 Å².